The Morgan fingerprint density at radius 1 is 1.35 bits per heavy atom. The van der Waals surface area contributed by atoms with Gasteiger partial charge in [-0.25, -0.2) is 4.98 Å². The highest BCUT2D eigenvalue weighted by atomic mass is 32.2. The topological polar surface area (TPSA) is 42.1 Å². The van der Waals surface area contributed by atoms with E-state index in [9.17, 15) is 0 Å². The number of thioether (sulfide) groups is 1. The summed E-state index contributed by atoms with van der Waals surface area (Å²) < 4.78 is 0. The number of nitrogens with two attached hydrogens (primary N) is 1. The van der Waals surface area contributed by atoms with Crippen LogP contribution in [0.5, 0.6) is 0 Å². The van der Waals surface area contributed by atoms with Gasteiger partial charge in [-0.1, -0.05) is 18.2 Å². The largest absolute Gasteiger partial charge is 0.375 e. The second kappa shape index (κ2) is 6.61. The first-order valence-corrected chi connectivity index (χ1v) is 8.70. The lowest BCUT2D eigenvalue weighted by atomic mass is 10.2. The lowest BCUT2D eigenvalue weighted by molar-refractivity contribution is 0.324. The molecule has 0 amide bonds. The van der Waals surface area contributed by atoms with Gasteiger partial charge in [0.15, 0.2) is 5.13 Å². The molecule has 0 saturated carbocycles. The predicted octanol–water partition coefficient (Wildman–Crippen LogP) is 3.34. The summed E-state index contributed by atoms with van der Waals surface area (Å²) in [4.78, 5) is 9.29. The average Bonchev–Trinajstić information content (AvgIpc) is 3.08. The van der Waals surface area contributed by atoms with E-state index in [1.807, 2.05) is 18.0 Å². The van der Waals surface area contributed by atoms with Crippen LogP contribution in [0, 0.1) is 5.92 Å². The van der Waals surface area contributed by atoms with Crippen molar-refractivity contribution >= 4 is 28.2 Å². The van der Waals surface area contributed by atoms with Gasteiger partial charge in [0.2, 0.25) is 0 Å². The fraction of sp³-hybridized carbons (Fsp3) is 0.400. The summed E-state index contributed by atoms with van der Waals surface area (Å²) in [5, 5.41) is 0.676. The lowest BCUT2D eigenvalue weighted by Gasteiger charge is -2.14. The molecule has 1 aromatic carbocycles. The first-order chi connectivity index (χ1) is 9.79. The highest BCUT2D eigenvalue weighted by molar-refractivity contribution is 7.99. The van der Waals surface area contributed by atoms with Gasteiger partial charge in [0, 0.05) is 34.8 Å². The Hall–Kier alpha value is -1.04. The molecule has 1 aromatic heterocycles. The maximum atomic E-state index is 5.68. The van der Waals surface area contributed by atoms with E-state index in [1.54, 1.807) is 11.3 Å². The number of hydrogen-bond donors (Lipinski definition) is 1. The molecule has 0 spiro atoms. The van der Waals surface area contributed by atoms with Crippen molar-refractivity contribution in [2.75, 3.05) is 24.6 Å². The molecule has 1 unspecified atom stereocenters. The Kier molecular flexibility index (Phi) is 4.60. The van der Waals surface area contributed by atoms with Crippen molar-refractivity contribution in [3.8, 4) is 0 Å². The third-order valence-corrected chi connectivity index (χ3v) is 5.60. The van der Waals surface area contributed by atoms with Crippen molar-refractivity contribution in [2.45, 2.75) is 17.9 Å². The molecule has 3 nitrogen and oxygen atoms in total. The SMILES string of the molecule is Nc1ncc(CN2CCC(CSc3ccccc3)C2)s1. The zero-order valence-electron chi connectivity index (χ0n) is 11.4. The zero-order chi connectivity index (χ0) is 13.8. The minimum Gasteiger partial charge on any atom is -0.375 e. The van der Waals surface area contributed by atoms with Crippen molar-refractivity contribution in [3.63, 3.8) is 0 Å². The van der Waals surface area contributed by atoms with Crippen LogP contribution in [0.4, 0.5) is 5.13 Å². The summed E-state index contributed by atoms with van der Waals surface area (Å²) in [5.74, 6) is 2.01. The number of thiazole rings is 1. The van der Waals surface area contributed by atoms with Gasteiger partial charge in [-0.3, -0.25) is 4.90 Å². The van der Waals surface area contributed by atoms with Crippen LogP contribution in [0.2, 0.25) is 0 Å². The Morgan fingerprint density at radius 3 is 2.95 bits per heavy atom. The van der Waals surface area contributed by atoms with E-state index in [4.69, 9.17) is 5.73 Å². The van der Waals surface area contributed by atoms with Gasteiger partial charge in [-0.2, -0.15) is 0 Å². The minimum atomic E-state index is 0.676. The Labute approximate surface area is 128 Å². The van der Waals surface area contributed by atoms with Crippen molar-refractivity contribution in [3.05, 3.63) is 41.4 Å². The van der Waals surface area contributed by atoms with E-state index in [2.05, 4.69) is 40.2 Å². The van der Waals surface area contributed by atoms with Gasteiger partial charge >= 0.3 is 0 Å². The van der Waals surface area contributed by atoms with E-state index in [0.717, 1.165) is 12.5 Å². The van der Waals surface area contributed by atoms with Crippen LogP contribution in [-0.2, 0) is 6.54 Å². The third-order valence-electron chi connectivity index (χ3n) is 3.55. The molecule has 20 heavy (non-hydrogen) atoms. The van der Waals surface area contributed by atoms with Gasteiger partial charge < -0.3 is 5.73 Å². The van der Waals surface area contributed by atoms with Crippen LogP contribution in [-0.4, -0.2) is 28.7 Å². The highest BCUT2D eigenvalue weighted by Gasteiger charge is 2.22. The van der Waals surface area contributed by atoms with Gasteiger partial charge in [0.25, 0.3) is 0 Å². The van der Waals surface area contributed by atoms with Crippen LogP contribution < -0.4 is 5.73 Å². The van der Waals surface area contributed by atoms with Gasteiger partial charge in [-0.05, 0) is 31.0 Å². The molecule has 1 aliphatic heterocycles. The normalized spacial score (nSPS) is 19.5. The fourth-order valence-electron chi connectivity index (χ4n) is 2.54. The number of nitrogen functional groups attached to an aromatic ring is 1. The number of hydrogen-bond acceptors (Lipinski definition) is 5. The summed E-state index contributed by atoms with van der Waals surface area (Å²) >= 11 is 3.58. The van der Waals surface area contributed by atoms with Crippen LogP contribution in [0.1, 0.15) is 11.3 Å². The summed E-state index contributed by atoms with van der Waals surface area (Å²) in [7, 11) is 0. The van der Waals surface area contributed by atoms with E-state index < -0.39 is 0 Å². The molecule has 1 atom stereocenters. The monoisotopic (exact) mass is 305 g/mol. The molecular formula is C15H19N3S2. The number of rotatable bonds is 5. The summed E-state index contributed by atoms with van der Waals surface area (Å²) in [6.07, 6.45) is 3.21. The smallest absolute Gasteiger partial charge is 0.180 e. The predicted molar refractivity (Wildman–Crippen MR) is 87.1 cm³/mol. The minimum absolute atomic E-state index is 0.676. The van der Waals surface area contributed by atoms with E-state index >= 15 is 0 Å². The first-order valence-electron chi connectivity index (χ1n) is 6.90. The molecule has 0 aliphatic carbocycles. The quantitative estimate of drug-likeness (QED) is 0.860. The Morgan fingerprint density at radius 2 is 2.20 bits per heavy atom. The third kappa shape index (κ3) is 3.75. The van der Waals surface area contributed by atoms with Crippen LogP contribution >= 0.6 is 23.1 Å². The molecular weight excluding hydrogens is 286 g/mol. The van der Waals surface area contributed by atoms with Crippen molar-refractivity contribution in [2.24, 2.45) is 5.92 Å². The number of nitrogens with zero attached hydrogens (tertiary/aromatic N) is 2. The summed E-state index contributed by atoms with van der Waals surface area (Å²) in [6.45, 7) is 3.39. The lowest BCUT2D eigenvalue weighted by Crippen LogP contribution is -2.20. The molecule has 5 heteroatoms. The molecule has 2 N–H and O–H groups in total. The van der Waals surface area contributed by atoms with Crippen LogP contribution in [0.25, 0.3) is 0 Å². The molecule has 0 radical (unpaired) electrons. The Balaban J connectivity index is 1.45. The van der Waals surface area contributed by atoms with Crippen LogP contribution in [0.15, 0.2) is 41.4 Å². The zero-order valence-corrected chi connectivity index (χ0v) is 13.0. The van der Waals surface area contributed by atoms with Gasteiger partial charge in [0.05, 0.1) is 0 Å². The molecule has 2 aromatic rings. The molecule has 1 saturated heterocycles. The van der Waals surface area contributed by atoms with Gasteiger partial charge in [0.1, 0.15) is 0 Å². The maximum Gasteiger partial charge on any atom is 0.180 e. The Bertz CT molecular complexity index is 541. The second-order valence-electron chi connectivity index (χ2n) is 5.18. The van der Waals surface area contributed by atoms with Crippen molar-refractivity contribution in [1.29, 1.82) is 0 Å². The molecule has 0 bridgehead atoms. The highest BCUT2D eigenvalue weighted by Crippen LogP contribution is 2.27. The van der Waals surface area contributed by atoms with E-state index in [-0.39, 0.29) is 0 Å². The van der Waals surface area contributed by atoms with Crippen LogP contribution in [0.3, 0.4) is 0 Å². The number of anilines is 1. The molecule has 1 aliphatic rings. The maximum absolute atomic E-state index is 5.68. The summed E-state index contributed by atoms with van der Waals surface area (Å²) in [5.41, 5.74) is 5.68. The number of benzene rings is 1. The summed E-state index contributed by atoms with van der Waals surface area (Å²) in [6, 6.07) is 10.7. The number of likely N-dealkylation sites (tertiary alicyclic amines) is 1. The standard InChI is InChI=1S/C15H19N3S2/c16-15-17-8-14(20-15)10-18-7-6-12(9-18)11-19-13-4-2-1-3-5-13/h1-5,8,12H,6-7,9-11H2,(H2,16,17). The molecule has 106 valence electrons. The fourth-order valence-corrected chi connectivity index (χ4v) is 4.32. The molecule has 2 heterocycles. The molecule has 3 rings (SSSR count). The van der Waals surface area contributed by atoms with Crippen molar-refractivity contribution < 1.29 is 0 Å². The first kappa shape index (κ1) is 13.9. The van der Waals surface area contributed by atoms with Gasteiger partial charge in [-0.15, -0.1) is 23.1 Å². The van der Waals surface area contributed by atoms with Crippen molar-refractivity contribution in [1.82, 2.24) is 9.88 Å². The van der Waals surface area contributed by atoms with E-state index in [0.29, 0.717) is 5.13 Å². The van der Waals surface area contributed by atoms with E-state index in [1.165, 1.54) is 35.0 Å². The molecule has 1 fully saturated rings. The second-order valence-corrected chi connectivity index (χ2v) is 7.42. The average molecular weight is 305 g/mol. The number of aromatic nitrogens is 1.